The molecule has 0 saturated heterocycles. The average Bonchev–Trinajstić information content (AvgIpc) is 2.82. The van der Waals surface area contributed by atoms with Crippen molar-refractivity contribution >= 4 is 5.97 Å². The van der Waals surface area contributed by atoms with Crippen LogP contribution < -0.4 is 0 Å². The zero-order valence-electron chi connectivity index (χ0n) is 23.4. The smallest absolute Gasteiger partial charge is 0.312 e. The van der Waals surface area contributed by atoms with Crippen LogP contribution in [0, 0.1) is 34.5 Å². The molecule has 0 heterocycles. The van der Waals surface area contributed by atoms with E-state index in [1.807, 2.05) is 0 Å². The Labute approximate surface area is 212 Å². The van der Waals surface area contributed by atoms with E-state index in [1.54, 1.807) is 5.57 Å². The molecule has 196 valence electrons. The summed E-state index contributed by atoms with van der Waals surface area (Å²) >= 11 is 0. The molecule has 0 aromatic carbocycles. The number of carbonyl (C=O) groups is 1. The summed E-state index contributed by atoms with van der Waals surface area (Å²) in [6, 6.07) is 0. The molecule has 3 aliphatic rings. The molecule has 2 heteroatoms. The van der Waals surface area contributed by atoms with Crippen molar-refractivity contribution in [2.45, 2.75) is 144 Å². The molecule has 0 aliphatic heterocycles. The second kappa shape index (κ2) is 13.0. The Morgan fingerprint density at radius 2 is 1.62 bits per heavy atom. The molecule has 0 N–H and O–H groups in total. The van der Waals surface area contributed by atoms with Gasteiger partial charge in [0.05, 0.1) is 12.0 Å². The molecule has 2 unspecified atom stereocenters. The molecule has 0 aromatic rings. The Hall–Kier alpha value is -0.790. The van der Waals surface area contributed by atoms with E-state index in [9.17, 15) is 4.79 Å². The molecular weight excluding hydrogens is 416 g/mol. The lowest BCUT2D eigenvalue weighted by molar-refractivity contribution is -0.170. The summed E-state index contributed by atoms with van der Waals surface area (Å²) in [5.74, 6) is 2.87. The van der Waals surface area contributed by atoms with Crippen molar-refractivity contribution in [1.29, 1.82) is 0 Å². The number of hydrogen-bond acceptors (Lipinski definition) is 2. The maximum Gasteiger partial charge on any atom is 0.312 e. The lowest BCUT2D eigenvalue weighted by Crippen LogP contribution is -2.54. The molecule has 34 heavy (non-hydrogen) atoms. The van der Waals surface area contributed by atoms with Crippen LogP contribution in [-0.2, 0) is 9.53 Å². The second-order valence-corrected chi connectivity index (χ2v) is 13.0. The zero-order valence-corrected chi connectivity index (χ0v) is 23.4. The van der Waals surface area contributed by atoms with Crippen LogP contribution in [0.1, 0.15) is 144 Å². The Morgan fingerprint density at radius 1 is 0.971 bits per heavy atom. The number of fused-ring (bicyclic) bond motifs is 3. The van der Waals surface area contributed by atoms with E-state index < -0.39 is 0 Å². The molecule has 0 bridgehead atoms. The van der Waals surface area contributed by atoms with Crippen LogP contribution in [-0.4, -0.2) is 12.6 Å². The first kappa shape index (κ1) is 27.8. The van der Waals surface area contributed by atoms with Gasteiger partial charge in [0, 0.05) is 0 Å². The second-order valence-electron chi connectivity index (χ2n) is 13.0. The molecule has 5 atom stereocenters. The van der Waals surface area contributed by atoms with E-state index in [2.05, 4.69) is 40.7 Å². The Kier molecular flexibility index (Phi) is 10.6. The summed E-state index contributed by atoms with van der Waals surface area (Å²) in [7, 11) is 0. The van der Waals surface area contributed by atoms with Gasteiger partial charge in [0.15, 0.2) is 0 Å². The van der Waals surface area contributed by atoms with Gasteiger partial charge in [0.25, 0.3) is 0 Å². The van der Waals surface area contributed by atoms with Crippen LogP contribution in [0.2, 0.25) is 0 Å². The fourth-order valence-electron chi connectivity index (χ4n) is 7.95. The lowest BCUT2D eigenvalue weighted by Gasteiger charge is -2.58. The monoisotopic (exact) mass is 472 g/mol. The molecule has 3 aliphatic carbocycles. The number of carbonyl (C=O) groups excluding carboxylic acids is 1. The van der Waals surface area contributed by atoms with E-state index in [1.165, 1.54) is 89.9 Å². The minimum Gasteiger partial charge on any atom is -0.465 e. The molecular formula is C32H56O2. The molecule has 0 aromatic heterocycles. The van der Waals surface area contributed by atoms with Gasteiger partial charge in [-0.1, -0.05) is 104 Å². The number of hydrogen-bond donors (Lipinski definition) is 0. The third-order valence-corrected chi connectivity index (χ3v) is 10.3. The third-order valence-electron chi connectivity index (χ3n) is 10.3. The van der Waals surface area contributed by atoms with Crippen LogP contribution in [0.4, 0.5) is 0 Å². The minimum absolute atomic E-state index is 0.104. The number of allylic oxidation sites excluding steroid dienone is 2. The molecule has 0 spiro atoms. The van der Waals surface area contributed by atoms with Crippen molar-refractivity contribution in [3.63, 3.8) is 0 Å². The van der Waals surface area contributed by atoms with Gasteiger partial charge in [-0.3, -0.25) is 4.79 Å². The number of ether oxygens (including phenoxy) is 1. The van der Waals surface area contributed by atoms with E-state index in [0.717, 1.165) is 31.1 Å². The summed E-state index contributed by atoms with van der Waals surface area (Å²) < 4.78 is 5.98. The van der Waals surface area contributed by atoms with Crippen molar-refractivity contribution in [3.8, 4) is 0 Å². The summed E-state index contributed by atoms with van der Waals surface area (Å²) in [5, 5.41) is 0. The van der Waals surface area contributed by atoms with Crippen molar-refractivity contribution < 1.29 is 9.53 Å². The van der Waals surface area contributed by atoms with Crippen LogP contribution in [0.15, 0.2) is 11.6 Å². The molecule has 3 rings (SSSR count). The first-order chi connectivity index (χ1) is 16.3. The maximum absolute atomic E-state index is 13.4. The lowest BCUT2D eigenvalue weighted by atomic mass is 9.46. The van der Waals surface area contributed by atoms with Gasteiger partial charge in [0.1, 0.15) is 0 Å². The topological polar surface area (TPSA) is 26.3 Å². The molecule has 0 amide bonds. The van der Waals surface area contributed by atoms with E-state index in [-0.39, 0.29) is 16.8 Å². The van der Waals surface area contributed by atoms with Gasteiger partial charge in [-0.2, -0.15) is 0 Å². The highest BCUT2D eigenvalue weighted by Gasteiger charge is 2.58. The van der Waals surface area contributed by atoms with E-state index >= 15 is 0 Å². The minimum atomic E-state index is -0.303. The average molecular weight is 473 g/mol. The van der Waals surface area contributed by atoms with E-state index in [4.69, 9.17) is 4.74 Å². The van der Waals surface area contributed by atoms with Crippen LogP contribution >= 0.6 is 0 Å². The van der Waals surface area contributed by atoms with Gasteiger partial charge in [-0.15, -0.1) is 0 Å². The first-order valence-electron chi connectivity index (χ1n) is 15.2. The van der Waals surface area contributed by atoms with Crippen molar-refractivity contribution in [1.82, 2.24) is 0 Å². The van der Waals surface area contributed by atoms with Crippen LogP contribution in [0.3, 0.4) is 0 Å². The van der Waals surface area contributed by atoms with Gasteiger partial charge < -0.3 is 4.74 Å². The highest BCUT2D eigenvalue weighted by Crippen LogP contribution is 2.63. The van der Waals surface area contributed by atoms with Crippen molar-refractivity contribution in [3.05, 3.63) is 11.6 Å². The maximum atomic E-state index is 13.4. The van der Waals surface area contributed by atoms with Crippen LogP contribution in [0.25, 0.3) is 0 Å². The predicted octanol–water partition coefficient (Wildman–Crippen LogP) is 9.67. The van der Waals surface area contributed by atoms with Crippen molar-refractivity contribution in [2.75, 3.05) is 6.61 Å². The Morgan fingerprint density at radius 3 is 2.26 bits per heavy atom. The third kappa shape index (κ3) is 6.50. The summed E-state index contributed by atoms with van der Waals surface area (Å²) in [4.78, 5) is 13.4. The van der Waals surface area contributed by atoms with Gasteiger partial charge in [-0.05, 0) is 81.0 Å². The first-order valence-corrected chi connectivity index (χ1v) is 15.2. The SMILES string of the molecule is CCCCCCCCCCCCOC(=O)[C@@]1(C)CCC[C@@]2(C)C1CC=C1CC(C(C)C)CC[C@H]12. The number of rotatable bonds is 13. The molecule has 0 radical (unpaired) electrons. The Bertz CT molecular complexity index is 664. The standard InChI is InChI=1S/C32H56O2/c1-6-7-8-9-10-11-12-13-14-15-23-34-30(33)32(5)22-16-21-31(4)28-19-17-26(25(2)3)24-27(28)18-20-29(31)32/h18,25-26,28-29H,6-17,19-24H2,1-5H3/t26?,28-,29?,31-,32+/m1/s1. The highest BCUT2D eigenvalue weighted by molar-refractivity contribution is 5.77. The fraction of sp³-hybridized carbons (Fsp3) is 0.906. The normalized spacial score (nSPS) is 33.2. The fourth-order valence-corrected chi connectivity index (χ4v) is 7.95. The molecule has 2 fully saturated rings. The van der Waals surface area contributed by atoms with Crippen LogP contribution in [0.5, 0.6) is 0 Å². The summed E-state index contributed by atoms with van der Waals surface area (Å²) in [6.45, 7) is 12.4. The zero-order chi connectivity index (χ0) is 24.6. The Balaban J connectivity index is 1.45. The number of unbranched alkanes of at least 4 members (excludes halogenated alkanes) is 9. The molecule has 2 nitrogen and oxygen atoms in total. The van der Waals surface area contributed by atoms with Gasteiger partial charge >= 0.3 is 5.97 Å². The molecule has 2 saturated carbocycles. The van der Waals surface area contributed by atoms with E-state index in [0.29, 0.717) is 18.4 Å². The highest BCUT2D eigenvalue weighted by atomic mass is 16.5. The predicted molar refractivity (Wildman–Crippen MR) is 145 cm³/mol. The summed E-state index contributed by atoms with van der Waals surface area (Å²) in [5.41, 5.74) is 1.70. The number of esters is 1. The quantitative estimate of drug-likeness (QED) is 0.151. The largest absolute Gasteiger partial charge is 0.465 e. The van der Waals surface area contributed by atoms with Gasteiger partial charge in [-0.25, -0.2) is 0 Å². The van der Waals surface area contributed by atoms with Crippen molar-refractivity contribution in [2.24, 2.45) is 34.5 Å². The van der Waals surface area contributed by atoms with Gasteiger partial charge in [0.2, 0.25) is 0 Å². The summed E-state index contributed by atoms with van der Waals surface area (Å²) in [6.07, 6.45) is 24.2.